The molecule has 0 saturated heterocycles. The average molecular weight is 256 g/mol. The van der Waals surface area contributed by atoms with Crippen LogP contribution in [0.15, 0.2) is 4.52 Å². The minimum atomic E-state index is -0.936. The van der Waals surface area contributed by atoms with Gasteiger partial charge in [-0.1, -0.05) is 5.16 Å². The second kappa shape index (κ2) is 6.58. The van der Waals surface area contributed by atoms with Gasteiger partial charge in [0.05, 0.1) is 13.0 Å². The summed E-state index contributed by atoms with van der Waals surface area (Å²) in [7, 11) is 0. The van der Waals surface area contributed by atoms with Gasteiger partial charge in [0.15, 0.2) is 5.82 Å². The summed E-state index contributed by atoms with van der Waals surface area (Å²) in [5.41, 5.74) is 0. The zero-order chi connectivity index (χ0) is 13.5. The van der Waals surface area contributed by atoms with Crippen LogP contribution in [0.5, 0.6) is 0 Å². The molecule has 0 aromatic carbocycles. The summed E-state index contributed by atoms with van der Waals surface area (Å²) in [6, 6.07) is -0.352. The highest BCUT2D eigenvalue weighted by molar-refractivity contribution is 5.75. The maximum Gasteiger partial charge on any atom is 0.317 e. The molecule has 0 aliphatic heterocycles. The largest absolute Gasteiger partial charge is 0.481 e. The van der Waals surface area contributed by atoms with Crippen LogP contribution in [0.4, 0.5) is 4.79 Å². The molecule has 0 aliphatic rings. The number of carbonyl (C=O) groups is 2. The molecule has 2 amide bonds. The van der Waals surface area contributed by atoms with Crippen molar-refractivity contribution in [1.29, 1.82) is 0 Å². The zero-order valence-electron chi connectivity index (χ0n) is 10.3. The molecule has 1 rings (SSSR count). The van der Waals surface area contributed by atoms with Gasteiger partial charge in [0.1, 0.15) is 0 Å². The van der Waals surface area contributed by atoms with Gasteiger partial charge >= 0.3 is 12.0 Å². The first-order valence-electron chi connectivity index (χ1n) is 5.56. The number of aryl methyl sites for hydroxylation is 1. The molecule has 8 heteroatoms. The third-order valence-corrected chi connectivity index (χ3v) is 2.22. The molecular weight excluding hydrogens is 240 g/mol. The predicted molar refractivity (Wildman–Crippen MR) is 60.8 cm³/mol. The van der Waals surface area contributed by atoms with Crippen molar-refractivity contribution in [3.63, 3.8) is 0 Å². The van der Waals surface area contributed by atoms with Gasteiger partial charge in [-0.15, -0.1) is 0 Å². The van der Waals surface area contributed by atoms with E-state index in [-0.39, 0.29) is 25.5 Å². The number of rotatable bonds is 6. The highest BCUT2D eigenvalue weighted by Gasteiger charge is 2.13. The Morgan fingerprint density at radius 3 is 2.72 bits per heavy atom. The lowest BCUT2D eigenvalue weighted by atomic mass is 10.4. The number of nitrogens with one attached hydrogen (secondary N) is 1. The molecule has 2 N–H and O–H groups in total. The van der Waals surface area contributed by atoms with Crippen LogP contribution in [0.3, 0.4) is 0 Å². The molecule has 0 saturated carbocycles. The van der Waals surface area contributed by atoms with Gasteiger partial charge in [-0.05, 0) is 13.8 Å². The summed E-state index contributed by atoms with van der Waals surface area (Å²) in [4.78, 5) is 27.5. The Bertz CT molecular complexity index is 418. The standard InChI is InChI=1S/C10H16N4O4/c1-3-14(5-4-9(15)16)10(17)11-6-8-12-7(2)13-18-8/h3-6H2,1-2H3,(H,11,17)(H,15,16). The molecule has 100 valence electrons. The van der Waals surface area contributed by atoms with Crippen LogP contribution >= 0.6 is 0 Å². The van der Waals surface area contributed by atoms with Gasteiger partial charge in [-0.25, -0.2) is 4.79 Å². The van der Waals surface area contributed by atoms with Crippen LogP contribution in [-0.4, -0.2) is 45.2 Å². The fraction of sp³-hybridized carbons (Fsp3) is 0.600. The van der Waals surface area contributed by atoms with Crippen LogP contribution in [-0.2, 0) is 11.3 Å². The number of carbonyl (C=O) groups excluding carboxylic acids is 1. The molecule has 0 unspecified atom stereocenters. The second-order valence-electron chi connectivity index (χ2n) is 3.62. The van der Waals surface area contributed by atoms with Gasteiger partial charge in [0.2, 0.25) is 5.89 Å². The van der Waals surface area contributed by atoms with Crippen molar-refractivity contribution >= 4 is 12.0 Å². The van der Waals surface area contributed by atoms with Crippen LogP contribution in [0, 0.1) is 6.92 Å². The summed E-state index contributed by atoms with van der Waals surface area (Å²) in [5, 5.41) is 14.7. The molecule has 1 aromatic rings. The average Bonchev–Trinajstić information content (AvgIpc) is 2.73. The fourth-order valence-corrected chi connectivity index (χ4v) is 1.31. The Hall–Kier alpha value is -2.12. The van der Waals surface area contributed by atoms with Gasteiger partial charge in [0, 0.05) is 13.1 Å². The molecule has 1 heterocycles. The Morgan fingerprint density at radius 1 is 1.50 bits per heavy atom. The van der Waals surface area contributed by atoms with Crippen LogP contribution < -0.4 is 5.32 Å². The molecule has 0 fully saturated rings. The van der Waals surface area contributed by atoms with Gasteiger partial charge in [-0.2, -0.15) is 4.98 Å². The van der Waals surface area contributed by atoms with E-state index >= 15 is 0 Å². The third kappa shape index (κ3) is 4.40. The number of aromatic nitrogens is 2. The monoisotopic (exact) mass is 256 g/mol. The van der Waals surface area contributed by atoms with Gasteiger partial charge in [0.25, 0.3) is 0 Å². The molecule has 1 aromatic heterocycles. The zero-order valence-corrected chi connectivity index (χ0v) is 10.3. The van der Waals surface area contributed by atoms with Gasteiger partial charge < -0.3 is 19.8 Å². The van der Waals surface area contributed by atoms with E-state index in [1.54, 1.807) is 13.8 Å². The Balaban J connectivity index is 2.39. The molecule has 18 heavy (non-hydrogen) atoms. The van der Waals surface area contributed by atoms with Crippen LogP contribution in [0.2, 0.25) is 0 Å². The minimum absolute atomic E-state index is 0.0824. The first kappa shape index (κ1) is 13.9. The van der Waals surface area contributed by atoms with E-state index < -0.39 is 5.97 Å². The number of nitrogens with zero attached hydrogens (tertiary/aromatic N) is 3. The smallest absolute Gasteiger partial charge is 0.317 e. The van der Waals surface area contributed by atoms with Gasteiger partial charge in [-0.3, -0.25) is 4.79 Å². The predicted octanol–water partition coefficient (Wildman–Crippen LogP) is 0.384. The number of hydrogen-bond donors (Lipinski definition) is 2. The summed E-state index contributed by atoms with van der Waals surface area (Å²) in [5.74, 6) is -0.124. The summed E-state index contributed by atoms with van der Waals surface area (Å²) in [6.07, 6.45) is -0.0824. The molecule has 0 spiro atoms. The van der Waals surface area contributed by atoms with E-state index in [0.717, 1.165) is 0 Å². The van der Waals surface area contributed by atoms with Crippen molar-refractivity contribution < 1.29 is 19.2 Å². The lowest BCUT2D eigenvalue weighted by Crippen LogP contribution is -2.40. The fourth-order valence-electron chi connectivity index (χ4n) is 1.31. The normalized spacial score (nSPS) is 10.1. The SMILES string of the molecule is CCN(CCC(=O)O)C(=O)NCc1nc(C)no1. The van der Waals surface area contributed by atoms with E-state index in [1.807, 2.05) is 0 Å². The quantitative estimate of drug-likeness (QED) is 0.761. The van der Waals surface area contributed by atoms with Crippen LogP contribution in [0.25, 0.3) is 0 Å². The molecule has 0 aliphatic carbocycles. The number of carboxylic acids is 1. The van der Waals surface area contributed by atoms with Crippen molar-refractivity contribution in [3.8, 4) is 0 Å². The Kier molecular flexibility index (Phi) is 5.09. The minimum Gasteiger partial charge on any atom is -0.481 e. The lowest BCUT2D eigenvalue weighted by molar-refractivity contribution is -0.137. The molecule has 0 bridgehead atoms. The van der Waals surface area contributed by atoms with Crippen molar-refractivity contribution in [2.75, 3.05) is 13.1 Å². The highest BCUT2D eigenvalue weighted by atomic mass is 16.5. The Labute approximate surface area is 104 Å². The topological polar surface area (TPSA) is 109 Å². The third-order valence-electron chi connectivity index (χ3n) is 2.22. The van der Waals surface area contributed by atoms with E-state index in [0.29, 0.717) is 18.3 Å². The van der Waals surface area contributed by atoms with Crippen molar-refractivity contribution in [2.24, 2.45) is 0 Å². The second-order valence-corrected chi connectivity index (χ2v) is 3.62. The summed E-state index contributed by atoms with van der Waals surface area (Å²) < 4.78 is 4.84. The van der Waals surface area contributed by atoms with E-state index in [4.69, 9.17) is 9.63 Å². The van der Waals surface area contributed by atoms with E-state index in [2.05, 4.69) is 15.5 Å². The lowest BCUT2D eigenvalue weighted by Gasteiger charge is -2.19. The first-order valence-corrected chi connectivity index (χ1v) is 5.56. The van der Waals surface area contributed by atoms with Crippen molar-refractivity contribution in [3.05, 3.63) is 11.7 Å². The van der Waals surface area contributed by atoms with E-state index in [1.165, 1.54) is 4.90 Å². The number of aliphatic carboxylic acids is 1. The molecule has 0 radical (unpaired) electrons. The number of amides is 2. The summed E-state index contributed by atoms with van der Waals surface area (Å²) in [6.45, 7) is 4.18. The molecule has 8 nitrogen and oxygen atoms in total. The Morgan fingerprint density at radius 2 is 2.22 bits per heavy atom. The highest BCUT2D eigenvalue weighted by Crippen LogP contribution is 1.97. The molecular formula is C10H16N4O4. The van der Waals surface area contributed by atoms with Crippen molar-refractivity contribution in [2.45, 2.75) is 26.8 Å². The number of hydrogen-bond acceptors (Lipinski definition) is 5. The van der Waals surface area contributed by atoms with Crippen LogP contribution in [0.1, 0.15) is 25.1 Å². The first-order chi connectivity index (χ1) is 8.52. The maximum absolute atomic E-state index is 11.7. The molecule has 0 atom stereocenters. The van der Waals surface area contributed by atoms with Crippen molar-refractivity contribution in [1.82, 2.24) is 20.4 Å². The number of urea groups is 1. The number of carboxylic acid groups (broad SMARTS) is 1. The maximum atomic E-state index is 11.7. The van der Waals surface area contributed by atoms with E-state index in [9.17, 15) is 9.59 Å². The summed E-state index contributed by atoms with van der Waals surface area (Å²) >= 11 is 0.